The van der Waals surface area contributed by atoms with Gasteiger partial charge in [0.2, 0.25) is 0 Å². The van der Waals surface area contributed by atoms with Crippen molar-refractivity contribution < 1.29 is 27.6 Å². The summed E-state index contributed by atoms with van der Waals surface area (Å²) in [6.45, 7) is 4.25. The fourth-order valence-corrected chi connectivity index (χ4v) is 3.42. The van der Waals surface area contributed by atoms with Crippen LogP contribution in [0.2, 0.25) is 0 Å². The maximum absolute atomic E-state index is 13.0. The molecule has 0 aliphatic carbocycles. The number of hydrogen-bond acceptors (Lipinski definition) is 6. The molecule has 0 atom stereocenters. The molecule has 0 spiro atoms. The van der Waals surface area contributed by atoms with E-state index in [4.69, 9.17) is 4.74 Å². The topological polar surface area (TPSA) is 112 Å². The van der Waals surface area contributed by atoms with Crippen molar-refractivity contribution in [1.29, 1.82) is 0 Å². The van der Waals surface area contributed by atoms with Crippen LogP contribution >= 0.6 is 0 Å². The molecule has 0 bridgehead atoms. The molecule has 12 heteroatoms. The van der Waals surface area contributed by atoms with Crippen molar-refractivity contribution in [3.63, 3.8) is 0 Å². The number of carbonyl (C=O) groups excluding carboxylic acids is 1. The van der Waals surface area contributed by atoms with E-state index in [0.29, 0.717) is 23.5 Å². The van der Waals surface area contributed by atoms with Crippen molar-refractivity contribution >= 4 is 17.3 Å². The van der Waals surface area contributed by atoms with Crippen LogP contribution in [-0.4, -0.2) is 32.2 Å². The largest absolute Gasteiger partial charge is 0.462 e. The third kappa shape index (κ3) is 6.14. The summed E-state index contributed by atoms with van der Waals surface area (Å²) in [5.41, 5.74) is 0.458. The first-order valence-electron chi connectivity index (χ1n) is 11.4. The zero-order valence-corrected chi connectivity index (χ0v) is 20.3. The van der Waals surface area contributed by atoms with E-state index in [1.807, 2.05) is 13.8 Å². The third-order valence-corrected chi connectivity index (χ3v) is 5.29. The number of rotatable bonds is 8. The molecule has 38 heavy (non-hydrogen) atoms. The number of aromatic nitrogens is 3. The van der Waals surface area contributed by atoms with Crippen molar-refractivity contribution in [3.05, 3.63) is 94.0 Å². The Balaban J connectivity index is 1.61. The molecule has 9 nitrogen and oxygen atoms in total. The predicted molar refractivity (Wildman–Crippen MR) is 133 cm³/mol. The summed E-state index contributed by atoms with van der Waals surface area (Å²) in [4.78, 5) is 27.3. The average Bonchev–Trinajstić information content (AvgIpc) is 3.32. The van der Waals surface area contributed by atoms with Crippen LogP contribution in [0.3, 0.4) is 0 Å². The van der Waals surface area contributed by atoms with E-state index >= 15 is 0 Å². The van der Waals surface area contributed by atoms with E-state index in [1.165, 1.54) is 41.1 Å². The fourth-order valence-electron chi connectivity index (χ4n) is 3.42. The Kier molecular flexibility index (Phi) is 7.42. The zero-order chi connectivity index (χ0) is 27.4. The lowest BCUT2D eigenvalue weighted by atomic mass is 10.1. The van der Waals surface area contributed by atoms with Gasteiger partial charge in [-0.3, -0.25) is 14.9 Å². The number of nitrogens with one attached hydrogen (secondary N) is 1. The standard InChI is InChI=1S/C26H22F3N5O4/c1-16(2)15-38-25-31-23(17-6-8-19(9-7-17)26(27,28)29)33(32-25)21-12-10-20(11-13-21)30-24(35)18-4-3-5-22(14-18)34(36)37/h3-14,16H,15H2,1-2H3,(H,30,35). The summed E-state index contributed by atoms with van der Waals surface area (Å²) in [6, 6.07) is 16.4. The van der Waals surface area contributed by atoms with Crippen molar-refractivity contribution in [2.75, 3.05) is 11.9 Å². The van der Waals surface area contributed by atoms with Crippen molar-refractivity contribution in [1.82, 2.24) is 14.8 Å². The number of nitro benzene ring substituents is 1. The number of alkyl halides is 3. The highest BCUT2D eigenvalue weighted by Crippen LogP contribution is 2.32. The first-order valence-corrected chi connectivity index (χ1v) is 11.4. The molecular formula is C26H22F3N5O4. The van der Waals surface area contributed by atoms with Gasteiger partial charge < -0.3 is 10.1 Å². The van der Waals surface area contributed by atoms with Gasteiger partial charge in [0, 0.05) is 28.9 Å². The lowest BCUT2D eigenvalue weighted by Gasteiger charge is -2.10. The van der Waals surface area contributed by atoms with Crippen LogP contribution < -0.4 is 10.1 Å². The number of non-ortho nitro benzene ring substituents is 1. The van der Waals surface area contributed by atoms with E-state index in [-0.39, 0.29) is 29.0 Å². The van der Waals surface area contributed by atoms with Crippen LogP contribution in [0.5, 0.6) is 6.01 Å². The van der Waals surface area contributed by atoms with Gasteiger partial charge in [-0.25, -0.2) is 4.68 Å². The predicted octanol–water partition coefficient (Wildman–Crippen LogP) is 6.15. The zero-order valence-electron chi connectivity index (χ0n) is 20.3. The summed E-state index contributed by atoms with van der Waals surface area (Å²) in [6.07, 6.45) is -4.47. The Hall–Kier alpha value is -4.74. The van der Waals surface area contributed by atoms with E-state index in [9.17, 15) is 28.1 Å². The van der Waals surface area contributed by atoms with Crippen LogP contribution in [0.4, 0.5) is 24.5 Å². The number of benzene rings is 3. The van der Waals surface area contributed by atoms with Gasteiger partial charge >= 0.3 is 12.2 Å². The van der Waals surface area contributed by atoms with Gasteiger partial charge in [0.15, 0.2) is 5.82 Å². The average molecular weight is 525 g/mol. The molecule has 0 saturated carbocycles. The highest BCUT2D eigenvalue weighted by Gasteiger charge is 2.30. The smallest absolute Gasteiger partial charge is 0.416 e. The Labute approximate surface area is 215 Å². The van der Waals surface area contributed by atoms with Gasteiger partial charge in [-0.1, -0.05) is 32.0 Å². The van der Waals surface area contributed by atoms with Crippen molar-refractivity contribution in [3.8, 4) is 23.1 Å². The molecule has 0 saturated heterocycles. The molecule has 0 aliphatic heterocycles. The first kappa shape index (κ1) is 26.3. The van der Waals surface area contributed by atoms with E-state index in [2.05, 4.69) is 15.4 Å². The number of nitrogens with zero attached hydrogens (tertiary/aromatic N) is 4. The minimum absolute atomic E-state index is 0.0663. The van der Waals surface area contributed by atoms with E-state index in [1.54, 1.807) is 24.3 Å². The minimum atomic E-state index is -4.47. The van der Waals surface area contributed by atoms with Gasteiger partial charge in [0.1, 0.15) is 0 Å². The molecule has 0 radical (unpaired) electrons. The lowest BCUT2D eigenvalue weighted by Crippen LogP contribution is -2.12. The highest BCUT2D eigenvalue weighted by atomic mass is 19.4. The number of anilines is 1. The van der Waals surface area contributed by atoms with Crippen molar-refractivity contribution in [2.24, 2.45) is 5.92 Å². The minimum Gasteiger partial charge on any atom is -0.462 e. The second-order valence-electron chi connectivity index (χ2n) is 8.72. The molecule has 1 amide bonds. The molecule has 0 aliphatic rings. The SMILES string of the molecule is CC(C)COc1nc(-c2ccc(C(F)(F)F)cc2)n(-c2ccc(NC(=O)c3cccc([N+](=O)[O-])c3)cc2)n1. The summed E-state index contributed by atoms with van der Waals surface area (Å²) >= 11 is 0. The maximum Gasteiger partial charge on any atom is 0.416 e. The number of ether oxygens (including phenoxy) is 1. The normalized spacial score (nSPS) is 11.4. The van der Waals surface area contributed by atoms with Crippen LogP contribution in [0.15, 0.2) is 72.8 Å². The van der Waals surface area contributed by atoms with Gasteiger partial charge in [-0.05, 0) is 48.4 Å². The second kappa shape index (κ2) is 10.7. The Bertz CT molecular complexity index is 1450. The monoisotopic (exact) mass is 525 g/mol. The summed E-state index contributed by atoms with van der Waals surface area (Å²) in [7, 11) is 0. The quantitative estimate of drug-likeness (QED) is 0.218. The maximum atomic E-state index is 13.0. The van der Waals surface area contributed by atoms with E-state index < -0.39 is 22.6 Å². The fraction of sp³-hybridized carbons (Fsp3) is 0.192. The molecule has 3 aromatic carbocycles. The molecule has 4 aromatic rings. The lowest BCUT2D eigenvalue weighted by molar-refractivity contribution is -0.384. The van der Waals surface area contributed by atoms with Crippen molar-refractivity contribution in [2.45, 2.75) is 20.0 Å². The molecule has 1 aromatic heterocycles. The van der Waals surface area contributed by atoms with E-state index in [0.717, 1.165) is 12.1 Å². The Morgan fingerprint density at radius 2 is 1.76 bits per heavy atom. The molecule has 1 heterocycles. The second-order valence-corrected chi connectivity index (χ2v) is 8.72. The van der Waals surface area contributed by atoms with Gasteiger partial charge in [-0.15, -0.1) is 5.10 Å². The third-order valence-electron chi connectivity index (χ3n) is 5.29. The molecular weight excluding hydrogens is 503 g/mol. The van der Waals surface area contributed by atoms with Crippen LogP contribution in [-0.2, 0) is 6.18 Å². The number of hydrogen-bond donors (Lipinski definition) is 1. The number of halogens is 3. The number of nitro groups is 1. The molecule has 0 fully saturated rings. The Morgan fingerprint density at radius 1 is 1.08 bits per heavy atom. The van der Waals surface area contributed by atoms with Crippen LogP contribution in [0.25, 0.3) is 17.1 Å². The summed E-state index contributed by atoms with van der Waals surface area (Å²) < 4.78 is 46.1. The molecule has 4 rings (SSSR count). The van der Waals surface area contributed by atoms with Crippen LogP contribution in [0.1, 0.15) is 29.8 Å². The summed E-state index contributed by atoms with van der Waals surface area (Å²) in [5.74, 6) is -0.0618. The van der Waals surface area contributed by atoms with Gasteiger partial charge in [-0.2, -0.15) is 18.2 Å². The first-order chi connectivity index (χ1) is 18.0. The Morgan fingerprint density at radius 3 is 2.37 bits per heavy atom. The molecule has 196 valence electrons. The summed E-state index contributed by atoms with van der Waals surface area (Å²) in [5, 5.41) is 18.0. The van der Waals surface area contributed by atoms with Crippen LogP contribution in [0, 0.1) is 16.0 Å². The number of amides is 1. The number of carbonyl (C=O) groups is 1. The van der Waals surface area contributed by atoms with Gasteiger partial charge in [0.25, 0.3) is 11.6 Å². The molecule has 1 N–H and O–H groups in total. The van der Waals surface area contributed by atoms with Gasteiger partial charge in [0.05, 0.1) is 22.8 Å². The highest BCUT2D eigenvalue weighted by molar-refractivity contribution is 6.04. The molecule has 0 unspecified atom stereocenters.